The highest BCUT2D eigenvalue weighted by atomic mass is 79.9. The smallest absolute Gasteiger partial charge is 0.0701 e. The van der Waals surface area contributed by atoms with Gasteiger partial charge in [-0.3, -0.25) is 0 Å². The molecule has 92 valence electrons. The summed E-state index contributed by atoms with van der Waals surface area (Å²) in [6.45, 7) is 9.68. The molecule has 1 aromatic rings. The lowest BCUT2D eigenvalue weighted by molar-refractivity contribution is 0.422. The third-order valence-corrected chi connectivity index (χ3v) is 3.82. The molecule has 4 heteroatoms. The van der Waals surface area contributed by atoms with Gasteiger partial charge >= 0.3 is 0 Å². The number of rotatable bonds is 6. The summed E-state index contributed by atoms with van der Waals surface area (Å²) in [5.41, 5.74) is 0.223. The quantitative estimate of drug-likeness (QED) is 0.790. The van der Waals surface area contributed by atoms with Crippen LogP contribution in [-0.4, -0.2) is 25.2 Å². The fourth-order valence-corrected chi connectivity index (χ4v) is 2.83. The van der Waals surface area contributed by atoms with Crippen LogP contribution in [-0.2, 0) is 6.42 Å². The number of hydrogen-bond donors (Lipinski definition) is 2. The van der Waals surface area contributed by atoms with Crippen LogP contribution in [0.3, 0.4) is 0 Å². The minimum Gasteiger partial charge on any atom is -0.315 e. The first-order valence-electron chi connectivity index (χ1n) is 5.67. The zero-order valence-electron chi connectivity index (χ0n) is 10.3. The standard InChI is InChI=1S/C12H21BrN2S/c1-12(2,3)15-9-8-14-7-6-10-4-5-11(13)16-10/h4-5,14-15H,6-9H2,1-3H3. The Balaban J connectivity index is 2.00. The number of hydrogen-bond acceptors (Lipinski definition) is 3. The molecule has 0 atom stereocenters. The second-order valence-electron chi connectivity index (χ2n) is 4.88. The van der Waals surface area contributed by atoms with Gasteiger partial charge in [0.05, 0.1) is 3.79 Å². The Hall–Kier alpha value is 0.1000. The Morgan fingerprint density at radius 3 is 2.50 bits per heavy atom. The van der Waals surface area contributed by atoms with Gasteiger partial charge in [0.1, 0.15) is 0 Å². The fourth-order valence-electron chi connectivity index (χ4n) is 1.35. The highest BCUT2D eigenvalue weighted by Gasteiger charge is 2.06. The molecule has 0 spiro atoms. The zero-order chi connectivity index (χ0) is 12.0. The molecule has 1 aromatic heterocycles. The second-order valence-corrected chi connectivity index (χ2v) is 7.43. The minimum atomic E-state index is 0.223. The SMILES string of the molecule is CC(C)(C)NCCNCCc1ccc(Br)s1. The highest BCUT2D eigenvalue weighted by molar-refractivity contribution is 9.11. The Labute approximate surface area is 111 Å². The van der Waals surface area contributed by atoms with Crippen LogP contribution in [0.1, 0.15) is 25.6 Å². The molecular formula is C12H21BrN2S. The molecule has 0 aliphatic carbocycles. The predicted molar refractivity (Wildman–Crippen MR) is 76.3 cm³/mol. The molecule has 2 nitrogen and oxygen atoms in total. The van der Waals surface area contributed by atoms with Gasteiger partial charge in [0.25, 0.3) is 0 Å². The van der Waals surface area contributed by atoms with E-state index in [1.807, 2.05) is 11.3 Å². The van der Waals surface area contributed by atoms with E-state index in [2.05, 4.69) is 59.5 Å². The van der Waals surface area contributed by atoms with Gasteiger partial charge < -0.3 is 10.6 Å². The van der Waals surface area contributed by atoms with Crippen LogP contribution in [0.4, 0.5) is 0 Å². The zero-order valence-corrected chi connectivity index (χ0v) is 12.7. The molecule has 0 aromatic carbocycles. The molecule has 0 fully saturated rings. The molecule has 0 unspecified atom stereocenters. The second kappa shape index (κ2) is 6.74. The van der Waals surface area contributed by atoms with Gasteiger partial charge in [-0.2, -0.15) is 0 Å². The van der Waals surface area contributed by atoms with Crippen LogP contribution in [0.5, 0.6) is 0 Å². The van der Waals surface area contributed by atoms with E-state index in [0.29, 0.717) is 0 Å². The summed E-state index contributed by atoms with van der Waals surface area (Å²) in [6.07, 6.45) is 1.12. The van der Waals surface area contributed by atoms with Gasteiger partial charge in [0.2, 0.25) is 0 Å². The van der Waals surface area contributed by atoms with Crippen LogP contribution >= 0.6 is 27.3 Å². The maximum absolute atomic E-state index is 3.48. The van der Waals surface area contributed by atoms with E-state index < -0.39 is 0 Å². The van der Waals surface area contributed by atoms with E-state index in [-0.39, 0.29) is 5.54 Å². The van der Waals surface area contributed by atoms with E-state index in [4.69, 9.17) is 0 Å². The van der Waals surface area contributed by atoms with Gasteiger partial charge in [0, 0.05) is 30.1 Å². The van der Waals surface area contributed by atoms with E-state index in [9.17, 15) is 0 Å². The van der Waals surface area contributed by atoms with Crippen molar-refractivity contribution in [2.45, 2.75) is 32.7 Å². The monoisotopic (exact) mass is 304 g/mol. The molecule has 0 aliphatic rings. The summed E-state index contributed by atoms with van der Waals surface area (Å²) >= 11 is 5.29. The van der Waals surface area contributed by atoms with Gasteiger partial charge in [-0.15, -0.1) is 11.3 Å². The Morgan fingerprint density at radius 1 is 1.19 bits per heavy atom. The van der Waals surface area contributed by atoms with E-state index in [1.165, 1.54) is 8.66 Å². The van der Waals surface area contributed by atoms with Crippen molar-refractivity contribution < 1.29 is 0 Å². The summed E-state index contributed by atoms with van der Waals surface area (Å²) in [7, 11) is 0. The Kier molecular flexibility index (Phi) is 5.97. The lowest BCUT2D eigenvalue weighted by atomic mass is 10.1. The van der Waals surface area contributed by atoms with E-state index >= 15 is 0 Å². The Morgan fingerprint density at radius 2 is 1.94 bits per heavy atom. The first-order valence-corrected chi connectivity index (χ1v) is 7.28. The summed E-state index contributed by atoms with van der Waals surface area (Å²) in [6, 6.07) is 4.30. The number of nitrogens with one attached hydrogen (secondary N) is 2. The van der Waals surface area contributed by atoms with Crippen LogP contribution in [0, 0.1) is 0 Å². The molecule has 0 saturated heterocycles. The molecule has 0 radical (unpaired) electrons. The van der Waals surface area contributed by atoms with Crippen molar-refractivity contribution in [1.82, 2.24) is 10.6 Å². The van der Waals surface area contributed by atoms with Crippen LogP contribution in [0.15, 0.2) is 15.9 Å². The molecule has 16 heavy (non-hydrogen) atoms. The van der Waals surface area contributed by atoms with E-state index in [0.717, 1.165) is 26.1 Å². The third-order valence-electron chi connectivity index (χ3n) is 2.13. The maximum Gasteiger partial charge on any atom is 0.0701 e. The average molecular weight is 305 g/mol. The van der Waals surface area contributed by atoms with Crippen molar-refractivity contribution in [1.29, 1.82) is 0 Å². The van der Waals surface area contributed by atoms with Crippen molar-refractivity contribution in [2.24, 2.45) is 0 Å². The molecule has 1 heterocycles. The summed E-state index contributed by atoms with van der Waals surface area (Å²) < 4.78 is 1.22. The molecule has 2 N–H and O–H groups in total. The van der Waals surface area contributed by atoms with Crippen molar-refractivity contribution in [2.75, 3.05) is 19.6 Å². The average Bonchev–Trinajstić information content (AvgIpc) is 2.56. The highest BCUT2D eigenvalue weighted by Crippen LogP contribution is 2.21. The number of thiophene rings is 1. The van der Waals surface area contributed by atoms with Gasteiger partial charge in [-0.05, 0) is 55.3 Å². The normalized spacial score (nSPS) is 12.0. The van der Waals surface area contributed by atoms with Crippen molar-refractivity contribution in [3.8, 4) is 0 Å². The van der Waals surface area contributed by atoms with Crippen LogP contribution in [0.2, 0.25) is 0 Å². The van der Waals surface area contributed by atoms with Gasteiger partial charge in [0.15, 0.2) is 0 Å². The van der Waals surface area contributed by atoms with E-state index in [1.54, 1.807) is 0 Å². The largest absolute Gasteiger partial charge is 0.315 e. The lowest BCUT2D eigenvalue weighted by Gasteiger charge is -2.20. The summed E-state index contributed by atoms with van der Waals surface area (Å²) in [5, 5.41) is 6.90. The first-order chi connectivity index (χ1) is 7.47. The van der Waals surface area contributed by atoms with Crippen molar-refractivity contribution in [3.05, 3.63) is 20.8 Å². The molecule has 0 aliphatic heterocycles. The summed E-state index contributed by atoms with van der Waals surface area (Å²) in [4.78, 5) is 1.43. The number of halogens is 1. The summed E-state index contributed by atoms with van der Waals surface area (Å²) in [5.74, 6) is 0. The fraction of sp³-hybridized carbons (Fsp3) is 0.667. The molecule has 0 amide bonds. The predicted octanol–water partition coefficient (Wildman–Crippen LogP) is 3.03. The molecule has 0 bridgehead atoms. The van der Waals surface area contributed by atoms with Gasteiger partial charge in [-0.1, -0.05) is 0 Å². The minimum absolute atomic E-state index is 0.223. The Bertz CT molecular complexity index is 304. The maximum atomic E-state index is 3.48. The topological polar surface area (TPSA) is 24.1 Å². The van der Waals surface area contributed by atoms with Gasteiger partial charge in [-0.25, -0.2) is 0 Å². The molecular weight excluding hydrogens is 284 g/mol. The third kappa shape index (κ3) is 6.63. The van der Waals surface area contributed by atoms with Crippen molar-refractivity contribution in [3.63, 3.8) is 0 Å². The van der Waals surface area contributed by atoms with Crippen molar-refractivity contribution >= 4 is 27.3 Å². The van der Waals surface area contributed by atoms with Crippen LogP contribution in [0.25, 0.3) is 0 Å². The van der Waals surface area contributed by atoms with Crippen LogP contribution < -0.4 is 10.6 Å². The first kappa shape index (κ1) is 14.2. The molecule has 0 saturated carbocycles. The lowest BCUT2D eigenvalue weighted by Crippen LogP contribution is -2.40. The molecule has 1 rings (SSSR count).